The topological polar surface area (TPSA) is 50.1 Å². The number of thiophene rings is 1. The molecule has 0 aliphatic heterocycles. The minimum Gasteiger partial charge on any atom is -0.346 e. The fourth-order valence-electron chi connectivity index (χ4n) is 0.942. The minimum atomic E-state index is -0.576. The van der Waals surface area contributed by atoms with Crippen LogP contribution in [0.3, 0.4) is 0 Å². The molecule has 4 heteroatoms. The average molecular weight is 209 g/mol. The normalized spacial score (nSPS) is 10.7. The van der Waals surface area contributed by atoms with Gasteiger partial charge in [-0.05, 0) is 17.5 Å². The van der Waals surface area contributed by atoms with Crippen LogP contribution < -0.4 is 0 Å². The lowest BCUT2D eigenvalue weighted by Gasteiger charge is -2.14. The van der Waals surface area contributed by atoms with E-state index in [4.69, 9.17) is 5.26 Å². The second-order valence-electron chi connectivity index (χ2n) is 3.89. The second-order valence-corrected chi connectivity index (χ2v) is 4.98. The van der Waals surface area contributed by atoms with Gasteiger partial charge in [0.2, 0.25) is 0 Å². The van der Waals surface area contributed by atoms with E-state index in [2.05, 4.69) is 25.5 Å². The third kappa shape index (κ3) is 2.33. The first-order valence-corrected chi connectivity index (χ1v) is 4.97. The number of rotatable bonds is 1. The summed E-state index contributed by atoms with van der Waals surface area (Å²) in [6, 6.07) is 3.57. The smallest absolute Gasteiger partial charge is 0.346 e. The summed E-state index contributed by atoms with van der Waals surface area (Å²) < 4.78 is 4.23. The number of ether oxygens (including phenoxy) is 1. The first kappa shape index (κ1) is 10.7. The van der Waals surface area contributed by atoms with Gasteiger partial charge in [-0.1, -0.05) is 20.8 Å². The van der Waals surface area contributed by atoms with Crippen LogP contribution in [0.5, 0.6) is 0 Å². The molecule has 1 rings (SSSR count). The molecule has 0 radical (unpaired) electrons. The van der Waals surface area contributed by atoms with Crippen molar-refractivity contribution in [3.8, 4) is 6.26 Å². The highest BCUT2D eigenvalue weighted by molar-refractivity contribution is 7.14. The van der Waals surface area contributed by atoms with Gasteiger partial charge in [-0.2, -0.15) is 0 Å². The van der Waals surface area contributed by atoms with Crippen molar-refractivity contribution < 1.29 is 9.53 Å². The Morgan fingerprint density at radius 1 is 1.50 bits per heavy atom. The quantitative estimate of drug-likeness (QED) is 0.527. The van der Waals surface area contributed by atoms with E-state index in [-0.39, 0.29) is 5.41 Å². The summed E-state index contributed by atoms with van der Waals surface area (Å²) in [5, 5.41) is 8.18. The van der Waals surface area contributed by atoms with E-state index >= 15 is 0 Å². The summed E-state index contributed by atoms with van der Waals surface area (Å²) in [6.07, 6.45) is 1.37. The van der Waals surface area contributed by atoms with Crippen LogP contribution in [0.15, 0.2) is 12.1 Å². The molecule has 0 spiro atoms. The molecular formula is C10H11NO2S. The summed E-state index contributed by atoms with van der Waals surface area (Å²) in [5.74, 6) is -0.576. The van der Waals surface area contributed by atoms with Crippen LogP contribution in [0.1, 0.15) is 35.3 Å². The van der Waals surface area contributed by atoms with Gasteiger partial charge < -0.3 is 4.74 Å². The molecule has 1 heterocycles. The van der Waals surface area contributed by atoms with Crippen LogP contribution in [-0.2, 0) is 10.2 Å². The summed E-state index contributed by atoms with van der Waals surface area (Å²) >= 11 is 1.36. The first-order chi connectivity index (χ1) is 6.45. The van der Waals surface area contributed by atoms with Crippen LogP contribution in [0, 0.1) is 11.5 Å². The minimum absolute atomic E-state index is 0.0237. The van der Waals surface area contributed by atoms with Gasteiger partial charge in [0.05, 0.1) is 0 Å². The average Bonchev–Trinajstić information content (AvgIpc) is 2.51. The fourth-order valence-corrected chi connectivity index (χ4v) is 1.88. The number of esters is 1. The van der Waals surface area contributed by atoms with Gasteiger partial charge in [0, 0.05) is 4.88 Å². The monoisotopic (exact) mass is 209 g/mol. The summed E-state index contributed by atoms with van der Waals surface area (Å²) in [6.45, 7) is 6.20. The van der Waals surface area contributed by atoms with Crippen LogP contribution in [0.25, 0.3) is 0 Å². The molecule has 0 aliphatic carbocycles. The Bertz CT molecular complexity index is 382. The zero-order valence-electron chi connectivity index (χ0n) is 8.33. The van der Waals surface area contributed by atoms with Crippen molar-refractivity contribution in [2.24, 2.45) is 0 Å². The molecule has 0 aromatic carbocycles. The number of hydrogen-bond donors (Lipinski definition) is 0. The maximum Gasteiger partial charge on any atom is 0.363 e. The molecule has 0 saturated heterocycles. The summed E-state index contributed by atoms with van der Waals surface area (Å²) in [4.78, 5) is 12.7. The third-order valence-corrected chi connectivity index (χ3v) is 3.18. The van der Waals surface area contributed by atoms with Crippen molar-refractivity contribution in [2.75, 3.05) is 0 Å². The van der Waals surface area contributed by atoms with Crippen molar-refractivity contribution in [1.29, 1.82) is 5.26 Å². The maximum absolute atomic E-state index is 11.2. The van der Waals surface area contributed by atoms with Crippen LogP contribution in [0.4, 0.5) is 0 Å². The Morgan fingerprint density at radius 3 is 2.57 bits per heavy atom. The zero-order chi connectivity index (χ0) is 10.8. The van der Waals surface area contributed by atoms with Gasteiger partial charge in [0.25, 0.3) is 6.26 Å². The van der Waals surface area contributed by atoms with Crippen molar-refractivity contribution in [2.45, 2.75) is 26.2 Å². The molecule has 0 atom stereocenters. The third-order valence-electron chi connectivity index (χ3n) is 1.68. The molecule has 0 bridgehead atoms. The molecule has 0 aliphatic rings. The molecular weight excluding hydrogens is 198 g/mol. The lowest BCUT2D eigenvalue weighted by atomic mass is 9.95. The van der Waals surface area contributed by atoms with Gasteiger partial charge in [0.15, 0.2) is 0 Å². The molecule has 1 aromatic rings. The standard InChI is InChI=1S/C10H11NO2S/c1-10(2,3)8-5-4-7(14-8)9(12)13-6-11/h4-5H,1-3H3. The van der Waals surface area contributed by atoms with E-state index < -0.39 is 5.97 Å². The highest BCUT2D eigenvalue weighted by atomic mass is 32.1. The van der Waals surface area contributed by atoms with E-state index in [1.807, 2.05) is 6.07 Å². The maximum atomic E-state index is 11.2. The number of hydrogen-bond acceptors (Lipinski definition) is 4. The molecule has 0 unspecified atom stereocenters. The number of nitrogens with zero attached hydrogens (tertiary/aromatic N) is 1. The lowest BCUT2D eigenvalue weighted by Crippen LogP contribution is -2.07. The molecule has 74 valence electrons. The number of carbonyl (C=O) groups is 1. The second kappa shape index (κ2) is 3.81. The van der Waals surface area contributed by atoms with Crippen molar-refractivity contribution in [1.82, 2.24) is 0 Å². The van der Waals surface area contributed by atoms with Crippen LogP contribution in [-0.4, -0.2) is 5.97 Å². The fraction of sp³-hybridized carbons (Fsp3) is 0.400. The SMILES string of the molecule is CC(C)(C)c1ccc(C(=O)OC#N)s1. The molecule has 0 fully saturated rings. The summed E-state index contributed by atoms with van der Waals surface area (Å²) in [7, 11) is 0. The van der Waals surface area contributed by atoms with Gasteiger partial charge in [-0.25, -0.2) is 4.79 Å². The Morgan fingerprint density at radius 2 is 2.14 bits per heavy atom. The molecule has 3 nitrogen and oxygen atoms in total. The van der Waals surface area contributed by atoms with Crippen molar-refractivity contribution in [3.63, 3.8) is 0 Å². The molecule has 0 N–H and O–H groups in total. The van der Waals surface area contributed by atoms with Gasteiger partial charge >= 0.3 is 5.97 Å². The Kier molecular flexibility index (Phi) is 2.92. The van der Waals surface area contributed by atoms with Gasteiger partial charge in [0.1, 0.15) is 4.88 Å². The highest BCUT2D eigenvalue weighted by Gasteiger charge is 2.19. The largest absolute Gasteiger partial charge is 0.363 e. The zero-order valence-corrected chi connectivity index (χ0v) is 9.14. The molecule has 14 heavy (non-hydrogen) atoms. The van der Waals surface area contributed by atoms with Crippen molar-refractivity contribution in [3.05, 3.63) is 21.9 Å². The Labute approximate surface area is 86.9 Å². The lowest BCUT2D eigenvalue weighted by molar-refractivity contribution is 0.0690. The Balaban J connectivity index is 2.90. The van der Waals surface area contributed by atoms with E-state index in [1.165, 1.54) is 17.6 Å². The van der Waals surface area contributed by atoms with E-state index in [0.717, 1.165) is 4.88 Å². The predicted molar refractivity (Wildman–Crippen MR) is 54.0 cm³/mol. The van der Waals surface area contributed by atoms with E-state index in [0.29, 0.717) is 4.88 Å². The van der Waals surface area contributed by atoms with Gasteiger partial charge in [-0.3, -0.25) is 0 Å². The van der Waals surface area contributed by atoms with E-state index in [1.54, 1.807) is 6.07 Å². The number of nitriles is 1. The van der Waals surface area contributed by atoms with Crippen LogP contribution in [0.2, 0.25) is 0 Å². The molecule has 0 amide bonds. The first-order valence-electron chi connectivity index (χ1n) is 4.15. The van der Waals surface area contributed by atoms with Crippen molar-refractivity contribution >= 4 is 17.3 Å². The van der Waals surface area contributed by atoms with E-state index in [9.17, 15) is 4.79 Å². The van der Waals surface area contributed by atoms with Gasteiger partial charge in [-0.15, -0.1) is 16.6 Å². The highest BCUT2D eigenvalue weighted by Crippen LogP contribution is 2.29. The Hall–Kier alpha value is -1.34. The number of carbonyl (C=O) groups excluding carboxylic acids is 1. The summed E-state index contributed by atoms with van der Waals surface area (Å²) in [5.41, 5.74) is 0.0237. The van der Waals surface area contributed by atoms with Crippen LogP contribution >= 0.6 is 11.3 Å². The predicted octanol–water partition coefficient (Wildman–Crippen LogP) is 2.68. The molecule has 1 aromatic heterocycles. The molecule has 0 saturated carbocycles.